The van der Waals surface area contributed by atoms with Gasteiger partial charge in [0.05, 0.1) is 12.8 Å². The third-order valence-electron chi connectivity index (χ3n) is 6.13. The van der Waals surface area contributed by atoms with E-state index >= 15 is 0 Å². The molecule has 0 spiro atoms. The first kappa shape index (κ1) is 15.1. The molecule has 4 nitrogen and oxygen atoms in total. The van der Waals surface area contributed by atoms with Crippen LogP contribution in [0.25, 0.3) is 0 Å². The van der Waals surface area contributed by atoms with E-state index in [1.54, 1.807) is 0 Å². The summed E-state index contributed by atoms with van der Waals surface area (Å²) in [5.41, 5.74) is -0.553. The average molecular weight is 315 g/mol. The van der Waals surface area contributed by atoms with Crippen LogP contribution in [0.5, 0.6) is 0 Å². The van der Waals surface area contributed by atoms with Crippen LogP contribution in [0.1, 0.15) is 64.7 Å². The molecule has 0 saturated heterocycles. The molecule has 4 saturated carbocycles. The molecule has 4 aliphatic carbocycles. The zero-order valence-electron chi connectivity index (χ0n) is 12.5. The molecule has 0 aliphatic heterocycles. The van der Waals surface area contributed by atoms with Crippen molar-refractivity contribution in [2.45, 2.75) is 69.6 Å². The molecule has 2 N–H and O–H groups in total. The lowest BCUT2D eigenvalue weighted by atomic mass is 9.38. The van der Waals surface area contributed by atoms with Crippen LogP contribution in [0.4, 0.5) is 0 Å². The van der Waals surface area contributed by atoms with E-state index in [4.69, 9.17) is 11.6 Å². The Bertz CT molecular complexity index is 469. The minimum Gasteiger partial charge on any atom is -0.481 e. The maximum atomic E-state index is 11.3. The summed E-state index contributed by atoms with van der Waals surface area (Å²) < 4.78 is 0. The monoisotopic (exact) mass is 314 g/mol. The fourth-order valence-electron chi connectivity index (χ4n) is 6.54. The van der Waals surface area contributed by atoms with Crippen molar-refractivity contribution in [2.75, 3.05) is 0 Å². The van der Waals surface area contributed by atoms with Gasteiger partial charge >= 0.3 is 11.9 Å². The molecule has 0 heterocycles. The maximum absolute atomic E-state index is 11.3. The van der Waals surface area contributed by atoms with E-state index in [2.05, 4.69) is 6.92 Å². The van der Waals surface area contributed by atoms with Crippen LogP contribution in [0.3, 0.4) is 0 Å². The third kappa shape index (κ3) is 2.45. The van der Waals surface area contributed by atoms with Gasteiger partial charge in [-0.15, -0.1) is 11.6 Å². The number of rotatable bonds is 5. The van der Waals surface area contributed by atoms with Crippen molar-refractivity contribution in [1.82, 2.24) is 0 Å². The van der Waals surface area contributed by atoms with Gasteiger partial charge in [-0.05, 0) is 54.8 Å². The van der Waals surface area contributed by atoms with Gasteiger partial charge in [-0.1, -0.05) is 13.3 Å². The standard InChI is InChI=1S/C16H23ClO4/c1-2-13-5-14(3-11(18)19)7-15(6-13,4-12(20)21)10-16(17,8-13)9-14/h2-10H2,1H3,(H,18,19)(H,20,21). The van der Waals surface area contributed by atoms with Crippen LogP contribution in [0.15, 0.2) is 0 Å². The highest BCUT2D eigenvalue weighted by Crippen LogP contribution is 2.74. The summed E-state index contributed by atoms with van der Waals surface area (Å²) in [6.45, 7) is 2.14. The van der Waals surface area contributed by atoms with Crippen LogP contribution in [0.2, 0.25) is 0 Å². The van der Waals surface area contributed by atoms with Crippen LogP contribution in [-0.4, -0.2) is 27.0 Å². The Balaban J connectivity index is 2.03. The van der Waals surface area contributed by atoms with E-state index in [-0.39, 0.29) is 29.1 Å². The summed E-state index contributed by atoms with van der Waals surface area (Å²) in [7, 11) is 0. The van der Waals surface area contributed by atoms with Crippen molar-refractivity contribution >= 4 is 23.5 Å². The summed E-state index contributed by atoms with van der Waals surface area (Å²) in [4.78, 5) is 22.3. The fourth-order valence-corrected chi connectivity index (χ4v) is 7.39. The molecule has 2 atom stereocenters. The van der Waals surface area contributed by atoms with Gasteiger partial charge in [0.15, 0.2) is 0 Å². The molecule has 4 rings (SSSR count). The molecular weight excluding hydrogens is 292 g/mol. The molecule has 118 valence electrons. The average Bonchev–Trinajstić information content (AvgIpc) is 2.21. The van der Waals surface area contributed by atoms with Gasteiger partial charge in [-0.2, -0.15) is 0 Å². The second-order valence-corrected chi connectivity index (χ2v) is 9.01. The number of aliphatic carboxylic acids is 2. The van der Waals surface area contributed by atoms with Crippen LogP contribution in [-0.2, 0) is 9.59 Å². The smallest absolute Gasteiger partial charge is 0.303 e. The SMILES string of the molecule is CCC12CC3(Cl)CC(CC(=O)O)(C1)CC(CC(=O)O)(C3)C2. The Morgan fingerprint density at radius 2 is 1.24 bits per heavy atom. The van der Waals surface area contributed by atoms with E-state index in [1.807, 2.05) is 0 Å². The molecule has 4 aliphatic rings. The molecule has 0 radical (unpaired) electrons. The Kier molecular flexibility index (Phi) is 3.15. The minimum absolute atomic E-state index is 0.0431. The summed E-state index contributed by atoms with van der Waals surface area (Å²) in [5.74, 6) is -1.57. The molecule has 4 bridgehead atoms. The van der Waals surface area contributed by atoms with Gasteiger partial charge in [0.25, 0.3) is 0 Å². The van der Waals surface area contributed by atoms with Gasteiger partial charge in [0.2, 0.25) is 0 Å². The van der Waals surface area contributed by atoms with Crippen molar-refractivity contribution in [3.8, 4) is 0 Å². The van der Waals surface area contributed by atoms with Crippen molar-refractivity contribution in [3.63, 3.8) is 0 Å². The molecular formula is C16H23ClO4. The predicted octanol–water partition coefficient (Wildman–Crippen LogP) is 3.66. The first-order chi connectivity index (χ1) is 9.64. The van der Waals surface area contributed by atoms with E-state index in [9.17, 15) is 19.8 Å². The molecule has 2 unspecified atom stereocenters. The van der Waals surface area contributed by atoms with E-state index in [0.717, 1.165) is 44.9 Å². The molecule has 5 heteroatoms. The molecule has 21 heavy (non-hydrogen) atoms. The first-order valence-corrected chi connectivity index (χ1v) is 8.14. The summed E-state index contributed by atoms with van der Waals surface area (Å²) in [6, 6.07) is 0. The minimum atomic E-state index is -0.783. The lowest BCUT2D eigenvalue weighted by molar-refractivity contribution is -0.175. The molecule has 4 fully saturated rings. The van der Waals surface area contributed by atoms with Gasteiger partial charge in [0.1, 0.15) is 0 Å². The molecule has 0 aromatic carbocycles. The second-order valence-electron chi connectivity index (χ2n) is 8.21. The number of carboxylic acid groups (broad SMARTS) is 2. The number of halogens is 1. The Morgan fingerprint density at radius 3 is 1.62 bits per heavy atom. The maximum Gasteiger partial charge on any atom is 0.303 e. The lowest BCUT2D eigenvalue weighted by Gasteiger charge is -2.69. The number of carbonyl (C=O) groups is 2. The van der Waals surface area contributed by atoms with Gasteiger partial charge < -0.3 is 10.2 Å². The van der Waals surface area contributed by atoms with E-state index in [0.29, 0.717) is 0 Å². The summed E-state index contributed by atoms with van der Waals surface area (Å²) in [5, 5.41) is 18.6. The lowest BCUT2D eigenvalue weighted by Crippen LogP contribution is -2.62. The largest absolute Gasteiger partial charge is 0.481 e. The van der Waals surface area contributed by atoms with Gasteiger partial charge in [-0.25, -0.2) is 0 Å². The van der Waals surface area contributed by atoms with E-state index in [1.165, 1.54) is 0 Å². The number of carboxylic acids is 2. The number of hydrogen-bond donors (Lipinski definition) is 2. The zero-order chi connectivity index (χ0) is 15.5. The highest BCUT2D eigenvalue weighted by molar-refractivity contribution is 6.24. The molecule has 0 amide bonds. The normalized spacial score (nSPS) is 47.5. The van der Waals surface area contributed by atoms with Gasteiger partial charge in [0, 0.05) is 4.87 Å². The Hall–Kier alpha value is -0.770. The topological polar surface area (TPSA) is 74.6 Å². The zero-order valence-corrected chi connectivity index (χ0v) is 13.2. The highest BCUT2D eigenvalue weighted by Gasteiger charge is 2.67. The predicted molar refractivity (Wildman–Crippen MR) is 78.4 cm³/mol. The molecule has 0 aromatic heterocycles. The first-order valence-electron chi connectivity index (χ1n) is 7.76. The fraction of sp³-hybridized carbons (Fsp3) is 0.875. The summed E-state index contributed by atoms with van der Waals surface area (Å²) >= 11 is 6.86. The Morgan fingerprint density at radius 1 is 0.857 bits per heavy atom. The number of hydrogen-bond acceptors (Lipinski definition) is 2. The third-order valence-corrected chi connectivity index (χ3v) is 6.53. The summed E-state index contributed by atoms with van der Waals surface area (Å²) in [6.07, 6.45) is 6.13. The van der Waals surface area contributed by atoms with E-state index < -0.39 is 16.8 Å². The molecule has 0 aromatic rings. The van der Waals surface area contributed by atoms with Crippen LogP contribution >= 0.6 is 11.6 Å². The van der Waals surface area contributed by atoms with Crippen molar-refractivity contribution < 1.29 is 19.8 Å². The number of alkyl halides is 1. The quantitative estimate of drug-likeness (QED) is 0.759. The Labute approximate surface area is 129 Å². The van der Waals surface area contributed by atoms with Gasteiger partial charge in [-0.3, -0.25) is 9.59 Å². The highest BCUT2D eigenvalue weighted by atomic mass is 35.5. The van der Waals surface area contributed by atoms with Crippen LogP contribution in [0, 0.1) is 16.2 Å². The van der Waals surface area contributed by atoms with Crippen molar-refractivity contribution in [1.29, 1.82) is 0 Å². The second kappa shape index (κ2) is 4.37. The van der Waals surface area contributed by atoms with Crippen molar-refractivity contribution in [2.24, 2.45) is 16.2 Å². The van der Waals surface area contributed by atoms with Crippen LogP contribution < -0.4 is 0 Å². The van der Waals surface area contributed by atoms with Crippen molar-refractivity contribution in [3.05, 3.63) is 0 Å².